The van der Waals surface area contributed by atoms with E-state index in [1.165, 1.54) is 24.8 Å². The number of anilines is 1. The Morgan fingerprint density at radius 1 is 1.43 bits per heavy atom. The lowest BCUT2D eigenvalue weighted by molar-refractivity contribution is 0.199. The fraction of sp³-hybridized carbons (Fsp3) is 0.625. The van der Waals surface area contributed by atoms with Gasteiger partial charge in [-0.05, 0) is 30.9 Å². The number of methoxy groups -OCH3 is 1. The van der Waals surface area contributed by atoms with Crippen LogP contribution in [-0.2, 0) is 11.3 Å². The van der Waals surface area contributed by atoms with Crippen molar-refractivity contribution in [2.45, 2.75) is 31.8 Å². The van der Waals surface area contributed by atoms with Gasteiger partial charge in [-0.15, -0.1) is 0 Å². The van der Waals surface area contributed by atoms with Gasteiger partial charge in [0.1, 0.15) is 0 Å². The highest BCUT2D eigenvalue weighted by atomic mass is 35.5. The molecule has 0 atom stereocenters. The molecule has 0 aliphatic heterocycles. The number of hydrogen-bond acceptors (Lipinski definition) is 4. The molecule has 2 rings (SSSR count). The summed E-state index contributed by atoms with van der Waals surface area (Å²) in [5.41, 5.74) is 2.25. The van der Waals surface area contributed by atoms with Crippen LogP contribution in [0.4, 0.5) is 5.69 Å². The third kappa shape index (κ3) is 4.33. The van der Waals surface area contributed by atoms with Gasteiger partial charge in [-0.25, -0.2) is 0 Å². The number of nitrogens with one attached hydrogen (secondary N) is 1. The number of nitrogens with zero attached hydrogens (tertiary/aromatic N) is 1. The average molecular weight is 313 g/mol. The molecule has 0 saturated heterocycles. The highest BCUT2D eigenvalue weighted by molar-refractivity contribution is 6.33. The van der Waals surface area contributed by atoms with Crippen molar-refractivity contribution >= 4 is 17.3 Å². The van der Waals surface area contributed by atoms with E-state index >= 15 is 0 Å². The third-order valence-electron chi connectivity index (χ3n) is 4.01. The summed E-state index contributed by atoms with van der Waals surface area (Å²) in [7, 11) is 1.70. The van der Waals surface area contributed by atoms with Gasteiger partial charge in [-0.3, -0.25) is 0 Å². The molecule has 21 heavy (non-hydrogen) atoms. The zero-order chi connectivity index (χ0) is 15.1. The van der Waals surface area contributed by atoms with Gasteiger partial charge in [0.2, 0.25) is 0 Å². The fourth-order valence-corrected chi connectivity index (χ4v) is 3.01. The Morgan fingerprint density at radius 3 is 2.86 bits per heavy atom. The molecular weight excluding hydrogens is 288 g/mol. The molecule has 1 aromatic rings. The normalized spacial score (nSPS) is 15.0. The Morgan fingerprint density at radius 2 is 2.24 bits per heavy atom. The largest absolute Gasteiger partial charge is 0.395 e. The van der Waals surface area contributed by atoms with Crippen molar-refractivity contribution in [3.8, 4) is 0 Å². The molecule has 0 radical (unpaired) electrons. The zero-order valence-corrected chi connectivity index (χ0v) is 13.4. The SMILES string of the molecule is COCCNCc1cccc(Cl)c1N(CCO)C1CCC1. The molecule has 5 heteroatoms. The van der Waals surface area contributed by atoms with Gasteiger partial charge < -0.3 is 20.1 Å². The Hall–Kier alpha value is -0.810. The molecule has 1 aliphatic rings. The summed E-state index contributed by atoms with van der Waals surface area (Å²) in [6.45, 7) is 3.05. The Labute approximate surface area is 132 Å². The quantitative estimate of drug-likeness (QED) is 0.687. The van der Waals surface area contributed by atoms with Crippen molar-refractivity contribution in [3.05, 3.63) is 28.8 Å². The van der Waals surface area contributed by atoms with E-state index < -0.39 is 0 Å². The Balaban J connectivity index is 2.14. The van der Waals surface area contributed by atoms with E-state index in [2.05, 4.69) is 16.3 Å². The standard InChI is InChI=1S/C16H25ClN2O2/c1-21-11-8-18-12-13-4-2-7-15(17)16(13)19(9-10-20)14-5-3-6-14/h2,4,7,14,18,20H,3,5-6,8-12H2,1H3. The number of ether oxygens (including phenoxy) is 1. The second kappa shape index (κ2) is 8.59. The van der Waals surface area contributed by atoms with Gasteiger partial charge in [0, 0.05) is 32.8 Å². The predicted octanol–water partition coefficient (Wildman–Crippen LogP) is 2.43. The van der Waals surface area contributed by atoms with E-state index in [-0.39, 0.29) is 6.61 Å². The van der Waals surface area contributed by atoms with Crippen molar-refractivity contribution < 1.29 is 9.84 Å². The Bertz CT molecular complexity index is 438. The summed E-state index contributed by atoms with van der Waals surface area (Å²) in [6, 6.07) is 6.52. The maximum absolute atomic E-state index is 9.38. The summed E-state index contributed by atoms with van der Waals surface area (Å²) in [5, 5.41) is 13.5. The summed E-state index contributed by atoms with van der Waals surface area (Å²) in [6.07, 6.45) is 3.63. The molecule has 2 N–H and O–H groups in total. The van der Waals surface area contributed by atoms with Gasteiger partial charge in [0.25, 0.3) is 0 Å². The number of rotatable bonds is 9. The molecule has 118 valence electrons. The molecule has 0 aromatic heterocycles. The van der Waals surface area contributed by atoms with Crippen LogP contribution < -0.4 is 10.2 Å². The first-order valence-corrected chi connectivity index (χ1v) is 8.00. The first-order chi connectivity index (χ1) is 10.3. The van der Waals surface area contributed by atoms with Crippen LogP contribution >= 0.6 is 11.6 Å². The number of hydrogen-bond donors (Lipinski definition) is 2. The van der Waals surface area contributed by atoms with Crippen molar-refractivity contribution in [2.24, 2.45) is 0 Å². The molecule has 1 fully saturated rings. The third-order valence-corrected chi connectivity index (χ3v) is 4.32. The molecule has 0 spiro atoms. The topological polar surface area (TPSA) is 44.7 Å². The van der Waals surface area contributed by atoms with Crippen LogP contribution in [0.1, 0.15) is 24.8 Å². The van der Waals surface area contributed by atoms with Crippen LogP contribution in [0.15, 0.2) is 18.2 Å². The Kier molecular flexibility index (Phi) is 6.77. The summed E-state index contributed by atoms with van der Waals surface area (Å²) >= 11 is 6.45. The number of benzene rings is 1. The first kappa shape index (κ1) is 16.6. The summed E-state index contributed by atoms with van der Waals surface area (Å²) in [5.74, 6) is 0. The molecule has 0 bridgehead atoms. The van der Waals surface area contributed by atoms with Gasteiger partial charge in [-0.2, -0.15) is 0 Å². The molecular formula is C16H25ClN2O2. The highest BCUT2D eigenvalue weighted by Gasteiger charge is 2.27. The minimum atomic E-state index is 0.151. The second-order valence-electron chi connectivity index (χ2n) is 5.42. The molecule has 0 heterocycles. The maximum atomic E-state index is 9.38. The lowest BCUT2D eigenvalue weighted by Crippen LogP contribution is -2.42. The van der Waals surface area contributed by atoms with Gasteiger partial charge >= 0.3 is 0 Å². The van der Waals surface area contributed by atoms with E-state index in [9.17, 15) is 5.11 Å². The summed E-state index contributed by atoms with van der Waals surface area (Å²) < 4.78 is 5.05. The average Bonchev–Trinajstić information content (AvgIpc) is 2.41. The molecule has 4 nitrogen and oxygen atoms in total. The van der Waals surface area contributed by atoms with Crippen LogP contribution in [0.2, 0.25) is 5.02 Å². The van der Waals surface area contributed by atoms with Crippen molar-refractivity contribution in [3.63, 3.8) is 0 Å². The van der Waals surface area contributed by atoms with Gasteiger partial charge in [0.15, 0.2) is 0 Å². The van der Waals surface area contributed by atoms with Crippen molar-refractivity contribution in [2.75, 3.05) is 38.3 Å². The summed E-state index contributed by atoms with van der Waals surface area (Å²) in [4.78, 5) is 2.28. The molecule has 1 saturated carbocycles. The van der Waals surface area contributed by atoms with E-state index in [0.717, 1.165) is 23.8 Å². The van der Waals surface area contributed by atoms with Crippen LogP contribution in [0.5, 0.6) is 0 Å². The van der Waals surface area contributed by atoms with E-state index in [1.54, 1.807) is 7.11 Å². The minimum Gasteiger partial charge on any atom is -0.395 e. The molecule has 1 aromatic carbocycles. The molecule has 0 amide bonds. The number of halogens is 1. The predicted molar refractivity (Wildman–Crippen MR) is 87.1 cm³/mol. The van der Waals surface area contributed by atoms with Crippen LogP contribution in [0.3, 0.4) is 0 Å². The second-order valence-corrected chi connectivity index (χ2v) is 5.83. The highest BCUT2D eigenvalue weighted by Crippen LogP contribution is 2.36. The number of aliphatic hydroxyl groups excluding tert-OH is 1. The van der Waals surface area contributed by atoms with Crippen molar-refractivity contribution in [1.29, 1.82) is 0 Å². The van der Waals surface area contributed by atoms with Crippen LogP contribution in [0.25, 0.3) is 0 Å². The van der Waals surface area contributed by atoms with Crippen LogP contribution in [0, 0.1) is 0 Å². The van der Waals surface area contributed by atoms with Crippen molar-refractivity contribution in [1.82, 2.24) is 5.32 Å². The number of aliphatic hydroxyl groups is 1. The number of para-hydroxylation sites is 1. The van der Waals surface area contributed by atoms with Gasteiger partial charge in [-0.1, -0.05) is 23.7 Å². The lowest BCUT2D eigenvalue weighted by atomic mass is 9.90. The minimum absolute atomic E-state index is 0.151. The monoisotopic (exact) mass is 312 g/mol. The molecule has 1 aliphatic carbocycles. The first-order valence-electron chi connectivity index (χ1n) is 7.62. The lowest BCUT2D eigenvalue weighted by Gasteiger charge is -2.40. The maximum Gasteiger partial charge on any atom is 0.0643 e. The van der Waals surface area contributed by atoms with E-state index in [0.29, 0.717) is 19.2 Å². The zero-order valence-electron chi connectivity index (χ0n) is 12.6. The van der Waals surface area contributed by atoms with Crippen LogP contribution in [-0.4, -0.2) is 44.6 Å². The molecule has 0 unspecified atom stereocenters. The smallest absolute Gasteiger partial charge is 0.0643 e. The van der Waals surface area contributed by atoms with E-state index in [4.69, 9.17) is 16.3 Å². The fourth-order valence-electron chi connectivity index (χ4n) is 2.70. The van der Waals surface area contributed by atoms with Gasteiger partial charge in [0.05, 0.1) is 23.9 Å². The van der Waals surface area contributed by atoms with E-state index in [1.807, 2.05) is 12.1 Å².